The van der Waals surface area contributed by atoms with Crippen LogP contribution in [0.4, 0.5) is 0 Å². The molecule has 0 aromatic carbocycles. The minimum atomic E-state index is -0.408. The maximum absolute atomic E-state index is 10.3. The van der Waals surface area contributed by atoms with Crippen LogP contribution in [0.2, 0.25) is 0 Å². The zero-order valence-electron chi connectivity index (χ0n) is 41.6. The summed E-state index contributed by atoms with van der Waals surface area (Å²) < 4.78 is 0. The molecule has 0 amide bonds. The number of carbonyl (C=O) groups excluding carboxylic acids is 4. The Balaban J connectivity index is -0.000000167. The second-order valence-electron chi connectivity index (χ2n) is 17.5. The predicted molar refractivity (Wildman–Crippen MR) is 264 cm³/mol. The molecule has 0 spiro atoms. The van der Waals surface area contributed by atoms with E-state index in [1.807, 2.05) is 0 Å². The molecule has 0 radical (unpaired) electrons. The normalized spacial score (nSPS) is 10.1. The standard InChI is InChI=1S/4C13H26O2.2Mo/c4*1-2-3-4-5-6-7-8-9-10-11-12-13(14)15;;/h4*2-12H2,1H3,(H,14,15);;/q;;;;2*+2/p+6. The molecule has 0 bridgehead atoms. The topological polar surface area (TPSA) is 169 Å². The first-order chi connectivity index (χ1) is 29.1. The molecule has 0 atom stereocenters. The molecule has 0 aliphatic carbocycles. The summed E-state index contributed by atoms with van der Waals surface area (Å²) in [7, 11) is 0. The van der Waals surface area contributed by atoms with Crippen molar-refractivity contribution in [2.24, 2.45) is 0 Å². The van der Waals surface area contributed by atoms with E-state index in [0.29, 0.717) is 25.7 Å². The van der Waals surface area contributed by atoms with Gasteiger partial charge in [0.25, 0.3) is 0 Å². The van der Waals surface area contributed by atoms with Crippen LogP contribution in [-0.2, 0) is 51.7 Å². The fourth-order valence-electron chi connectivity index (χ4n) is 7.11. The van der Waals surface area contributed by atoms with E-state index < -0.39 is 11.9 Å². The molecule has 0 unspecified atom stereocenters. The monoisotopic (exact) mass is 1060 g/mol. The van der Waals surface area contributed by atoms with Crippen LogP contribution >= 0.6 is 0 Å². The number of hydrogen-bond donors (Lipinski definition) is 0. The summed E-state index contributed by atoms with van der Waals surface area (Å²) in [5.74, 6) is -1.13. The summed E-state index contributed by atoms with van der Waals surface area (Å²) in [6.45, 7) is 8.98. The molecule has 10 N–H and O–H groups in total. The van der Waals surface area contributed by atoms with Gasteiger partial charge in [0.2, 0.25) is 0 Å². The van der Waals surface area contributed by atoms with E-state index in [1.54, 1.807) is 0 Å². The Hall–Kier alpha value is -0.743. The van der Waals surface area contributed by atoms with Gasteiger partial charge in [-0.3, -0.25) is 0 Å². The first-order valence-corrected chi connectivity index (χ1v) is 26.1. The molecule has 0 rings (SSSR count). The van der Waals surface area contributed by atoms with Gasteiger partial charge in [0.1, 0.15) is 12.8 Å². The van der Waals surface area contributed by atoms with E-state index >= 15 is 0 Å². The summed E-state index contributed by atoms with van der Waals surface area (Å²) >= 11 is 0. The molecule has 10 heteroatoms. The molecule has 0 aliphatic heterocycles. The summed E-state index contributed by atoms with van der Waals surface area (Å²) in [5, 5.41) is 27.2. The Labute approximate surface area is 413 Å². The average molecular weight is 1060 g/mol. The molecule has 0 fully saturated rings. The van der Waals surface area contributed by atoms with E-state index in [-0.39, 0.29) is 54.1 Å². The summed E-state index contributed by atoms with van der Waals surface area (Å²) in [4.78, 5) is 38.0. The van der Waals surface area contributed by atoms with Gasteiger partial charge in [0.05, 0.1) is 0 Å². The third kappa shape index (κ3) is 90.1. The molecule has 0 heterocycles. The van der Waals surface area contributed by atoms with Crippen LogP contribution in [0.15, 0.2) is 0 Å². The van der Waals surface area contributed by atoms with Crippen molar-refractivity contribution in [3.63, 3.8) is 0 Å². The van der Waals surface area contributed by atoms with E-state index in [4.69, 9.17) is 30.0 Å². The number of unbranched alkanes of at least 4 members (excludes halogenated alkanes) is 36. The van der Waals surface area contributed by atoms with Crippen LogP contribution in [0.1, 0.15) is 310 Å². The van der Waals surface area contributed by atoms with Crippen LogP contribution in [0.3, 0.4) is 0 Å². The summed E-state index contributed by atoms with van der Waals surface area (Å²) in [6, 6.07) is 0. The minimum Gasteiger partial charge on any atom is -0.565 e. The average Bonchev–Trinajstić information content (AvgIpc) is 3.21. The van der Waals surface area contributed by atoms with Gasteiger partial charge in [0, 0.05) is 9.59 Å². The van der Waals surface area contributed by atoms with Gasteiger partial charge in [-0.05, 0) is 25.7 Å². The van der Waals surface area contributed by atoms with Gasteiger partial charge in [-0.15, -0.1) is 0 Å². The molecule has 0 aromatic rings. The third-order valence-electron chi connectivity index (χ3n) is 11.0. The van der Waals surface area contributed by atoms with Gasteiger partial charge >= 0.3 is 66.0 Å². The van der Waals surface area contributed by atoms with Crippen molar-refractivity contribution >= 4 is 23.9 Å². The van der Waals surface area contributed by atoms with Gasteiger partial charge in [0.15, 0.2) is 12.8 Å². The summed E-state index contributed by atoms with van der Waals surface area (Å²) in [6.07, 6.45) is 53.6. The van der Waals surface area contributed by atoms with Crippen molar-refractivity contribution in [1.82, 2.24) is 0 Å². The van der Waals surface area contributed by atoms with Crippen molar-refractivity contribution in [2.75, 3.05) is 0 Å². The van der Waals surface area contributed by atoms with Crippen molar-refractivity contribution < 1.29 is 81.7 Å². The number of carbonyl (C=O) groups is 2. The Morgan fingerprint density at radius 1 is 0.258 bits per heavy atom. The van der Waals surface area contributed by atoms with Crippen LogP contribution in [0.25, 0.3) is 0 Å². The molecular formula is C52H110Mo2O8+10. The van der Waals surface area contributed by atoms with Crippen molar-refractivity contribution in [2.45, 2.75) is 310 Å². The van der Waals surface area contributed by atoms with Crippen LogP contribution in [-0.4, -0.2) is 53.9 Å². The van der Waals surface area contributed by atoms with Crippen LogP contribution < -0.4 is 0 Å². The minimum absolute atomic E-state index is 0. The zero-order valence-corrected chi connectivity index (χ0v) is 45.7. The maximum Gasteiger partial charge on any atom is 2.00 e. The van der Waals surface area contributed by atoms with Crippen molar-refractivity contribution in [1.29, 1.82) is 0 Å². The molecule has 8 nitrogen and oxygen atoms in total. The Kier molecular flexibility index (Phi) is 81.4. The maximum atomic E-state index is 10.3. The van der Waals surface area contributed by atoms with Gasteiger partial charge in [-0.25, -0.2) is 9.59 Å². The predicted octanol–water partition coefficient (Wildman–Crippen LogP) is 14.1. The smallest absolute Gasteiger partial charge is 0.565 e. The van der Waals surface area contributed by atoms with Gasteiger partial charge < -0.3 is 20.4 Å². The largest absolute Gasteiger partial charge is 2.00 e. The fourth-order valence-corrected chi connectivity index (χ4v) is 7.11. The van der Waals surface area contributed by atoms with Gasteiger partial charge in [-0.1, -0.05) is 259 Å². The number of rotatable bonds is 44. The van der Waals surface area contributed by atoms with Crippen LogP contribution in [0, 0.1) is 0 Å². The van der Waals surface area contributed by atoms with Crippen molar-refractivity contribution in [3.05, 3.63) is 0 Å². The van der Waals surface area contributed by atoms with E-state index in [9.17, 15) is 9.59 Å². The Morgan fingerprint density at radius 2 is 0.387 bits per heavy atom. The van der Waals surface area contributed by atoms with Gasteiger partial charge in [-0.2, -0.15) is 0 Å². The zero-order chi connectivity index (χ0) is 45.4. The molecular weight excluding hydrogens is 944 g/mol. The van der Waals surface area contributed by atoms with Crippen LogP contribution in [0.5, 0.6) is 0 Å². The second-order valence-corrected chi connectivity index (χ2v) is 17.5. The Bertz CT molecular complexity index is 723. The Morgan fingerprint density at radius 3 is 0.516 bits per heavy atom. The SMILES string of the molecule is CCCCCCCCCCCCC(=O)[OH2+].CCCCCCCCCCCCC(=O)[OH2+].CCCCCCCCCCCCC(=[OH+])[OH2+].CCCCCCCCCCCCC(=[OH+])[OH2+].[Mo+2].[Mo+2]. The fraction of sp³-hybridized carbons (Fsp3) is 0.923. The molecule has 368 valence electrons. The molecule has 0 aromatic heterocycles. The molecule has 0 saturated carbocycles. The number of hydrogen-bond acceptors (Lipinski definition) is 2. The van der Waals surface area contributed by atoms with E-state index in [1.165, 1.54) is 205 Å². The van der Waals surface area contributed by atoms with E-state index in [2.05, 4.69) is 27.7 Å². The van der Waals surface area contributed by atoms with Crippen molar-refractivity contribution in [3.8, 4) is 0 Å². The molecule has 0 saturated heterocycles. The third-order valence-corrected chi connectivity index (χ3v) is 11.0. The molecule has 0 aliphatic rings. The first kappa shape index (κ1) is 72.8. The van der Waals surface area contributed by atoms with E-state index in [0.717, 1.165) is 51.4 Å². The second kappa shape index (κ2) is 69.3. The quantitative estimate of drug-likeness (QED) is 0.0337. The first-order valence-electron chi connectivity index (χ1n) is 26.1. The molecule has 62 heavy (non-hydrogen) atoms. The summed E-state index contributed by atoms with van der Waals surface area (Å²) in [5.41, 5.74) is 0.